The van der Waals surface area contributed by atoms with Crippen LogP contribution in [0.25, 0.3) is 11.3 Å². The van der Waals surface area contributed by atoms with Gasteiger partial charge < -0.3 is 0 Å². The van der Waals surface area contributed by atoms with Gasteiger partial charge in [-0.1, -0.05) is 78.1 Å². The first-order valence-electron chi connectivity index (χ1n) is 8.61. The van der Waals surface area contributed by atoms with Gasteiger partial charge in [-0.2, -0.15) is 0 Å². The first kappa shape index (κ1) is 17.8. The van der Waals surface area contributed by atoms with Crippen LogP contribution in [-0.4, -0.2) is 21.7 Å². The summed E-state index contributed by atoms with van der Waals surface area (Å²) in [6.07, 6.45) is 1.55. The van der Waals surface area contributed by atoms with E-state index < -0.39 is 0 Å². The van der Waals surface area contributed by atoms with E-state index in [0.29, 0.717) is 21.3 Å². The third kappa shape index (κ3) is 3.72. The highest BCUT2D eigenvalue weighted by molar-refractivity contribution is 7.18. The Kier molecular flexibility index (Phi) is 5.03. The van der Waals surface area contributed by atoms with E-state index in [-0.39, 0.29) is 17.4 Å². The van der Waals surface area contributed by atoms with Crippen LogP contribution in [0.3, 0.4) is 0 Å². The molecule has 0 aliphatic heterocycles. The van der Waals surface area contributed by atoms with Gasteiger partial charge in [-0.05, 0) is 12.1 Å². The van der Waals surface area contributed by atoms with Crippen LogP contribution in [0, 0.1) is 0 Å². The van der Waals surface area contributed by atoms with Crippen LogP contribution in [0.5, 0.6) is 0 Å². The Bertz CT molecular complexity index is 1110. The average Bonchev–Trinajstić information content (AvgIpc) is 3.19. The Morgan fingerprint density at radius 2 is 1.50 bits per heavy atom. The molecule has 0 aliphatic carbocycles. The lowest BCUT2D eigenvalue weighted by atomic mass is 10.1. The maximum absolute atomic E-state index is 13.1. The summed E-state index contributed by atoms with van der Waals surface area (Å²) >= 11 is 1.16. The van der Waals surface area contributed by atoms with Gasteiger partial charge in [0.1, 0.15) is 10.6 Å². The molecule has 2 heterocycles. The van der Waals surface area contributed by atoms with Crippen molar-refractivity contribution >= 4 is 28.2 Å². The van der Waals surface area contributed by atoms with Crippen molar-refractivity contribution in [2.75, 3.05) is 5.32 Å². The van der Waals surface area contributed by atoms with E-state index >= 15 is 0 Å². The molecule has 2 aromatic heterocycles. The molecule has 4 aromatic rings. The van der Waals surface area contributed by atoms with E-state index in [1.807, 2.05) is 48.5 Å². The summed E-state index contributed by atoms with van der Waals surface area (Å²) in [6.45, 7) is 0. The maximum Gasteiger partial charge on any atom is 0.276 e. The van der Waals surface area contributed by atoms with Gasteiger partial charge in [0.25, 0.3) is 5.91 Å². The number of ketones is 1. The lowest BCUT2D eigenvalue weighted by Crippen LogP contribution is -2.13. The van der Waals surface area contributed by atoms with E-state index in [0.717, 1.165) is 16.9 Å². The molecule has 2 aromatic carbocycles. The van der Waals surface area contributed by atoms with Gasteiger partial charge >= 0.3 is 0 Å². The molecule has 0 unspecified atom stereocenters. The summed E-state index contributed by atoms with van der Waals surface area (Å²) < 4.78 is 0. The van der Waals surface area contributed by atoms with Crippen LogP contribution < -0.4 is 5.32 Å². The lowest BCUT2D eigenvalue weighted by molar-refractivity contribution is 0.101. The van der Waals surface area contributed by atoms with Crippen molar-refractivity contribution in [2.24, 2.45) is 0 Å². The van der Waals surface area contributed by atoms with E-state index in [1.54, 1.807) is 36.5 Å². The van der Waals surface area contributed by atoms with Gasteiger partial charge in [-0.15, -0.1) is 0 Å². The minimum absolute atomic E-state index is 0.129. The molecule has 0 spiro atoms. The first-order valence-corrected chi connectivity index (χ1v) is 9.42. The van der Waals surface area contributed by atoms with Crippen molar-refractivity contribution in [2.45, 2.75) is 0 Å². The molecule has 1 N–H and O–H groups in total. The number of aromatic nitrogens is 2. The number of rotatable bonds is 5. The second-order valence-electron chi connectivity index (χ2n) is 5.93. The summed E-state index contributed by atoms with van der Waals surface area (Å²) in [7, 11) is 0. The fourth-order valence-corrected chi connectivity index (χ4v) is 3.64. The number of carbonyl (C=O) groups is 2. The molecule has 1 amide bonds. The number of nitrogens with zero attached hydrogens (tertiary/aromatic N) is 2. The van der Waals surface area contributed by atoms with Gasteiger partial charge in [0.05, 0.1) is 5.69 Å². The molecule has 0 fully saturated rings. The second kappa shape index (κ2) is 7.94. The summed E-state index contributed by atoms with van der Waals surface area (Å²) in [4.78, 5) is 34.5. The Morgan fingerprint density at radius 1 is 0.821 bits per heavy atom. The highest BCUT2D eigenvalue weighted by Crippen LogP contribution is 2.33. The van der Waals surface area contributed by atoms with Gasteiger partial charge in [0, 0.05) is 17.3 Å². The van der Waals surface area contributed by atoms with Crippen molar-refractivity contribution in [3.8, 4) is 11.3 Å². The number of hydrogen-bond donors (Lipinski definition) is 1. The SMILES string of the molecule is O=C(Nc1nc(-c2ccccc2)c(C(=O)c2ccccc2)s1)c1ccccn1. The number of carbonyl (C=O) groups excluding carboxylic acids is 2. The second-order valence-corrected chi connectivity index (χ2v) is 6.93. The van der Waals surface area contributed by atoms with Crippen LogP contribution >= 0.6 is 11.3 Å². The number of thiazole rings is 1. The van der Waals surface area contributed by atoms with Crippen molar-refractivity contribution in [3.63, 3.8) is 0 Å². The fourth-order valence-electron chi connectivity index (χ4n) is 2.70. The highest BCUT2D eigenvalue weighted by atomic mass is 32.1. The Hall–Kier alpha value is -3.64. The Labute approximate surface area is 165 Å². The van der Waals surface area contributed by atoms with Crippen LogP contribution in [0.1, 0.15) is 25.7 Å². The van der Waals surface area contributed by atoms with Crippen molar-refractivity contribution < 1.29 is 9.59 Å². The zero-order valence-electron chi connectivity index (χ0n) is 14.7. The number of benzene rings is 2. The Morgan fingerprint density at radius 3 is 2.18 bits per heavy atom. The molecule has 4 rings (SSSR count). The van der Waals surface area contributed by atoms with E-state index in [2.05, 4.69) is 15.3 Å². The monoisotopic (exact) mass is 385 g/mol. The van der Waals surface area contributed by atoms with Crippen LogP contribution in [0.2, 0.25) is 0 Å². The third-order valence-corrected chi connectivity index (χ3v) is 5.00. The molecule has 0 bridgehead atoms. The molecule has 136 valence electrons. The molecule has 0 radical (unpaired) electrons. The minimum Gasteiger partial charge on any atom is -0.296 e. The smallest absolute Gasteiger partial charge is 0.276 e. The molecule has 5 nitrogen and oxygen atoms in total. The van der Waals surface area contributed by atoms with Crippen molar-refractivity contribution in [1.82, 2.24) is 9.97 Å². The third-order valence-electron chi connectivity index (χ3n) is 4.03. The van der Waals surface area contributed by atoms with Gasteiger partial charge in [-0.25, -0.2) is 4.98 Å². The molecule has 0 saturated carbocycles. The normalized spacial score (nSPS) is 10.4. The van der Waals surface area contributed by atoms with Crippen molar-refractivity contribution in [1.29, 1.82) is 0 Å². The summed E-state index contributed by atoms with van der Waals surface area (Å²) in [6, 6.07) is 23.6. The summed E-state index contributed by atoms with van der Waals surface area (Å²) in [5.74, 6) is -0.497. The number of amides is 1. The van der Waals surface area contributed by atoms with Gasteiger partial charge in [-0.3, -0.25) is 19.9 Å². The van der Waals surface area contributed by atoms with Crippen LogP contribution in [-0.2, 0) is 0 Å². The fraction of sp³-hybridized carbons (Fsp3) is 0. The topological polar surface area (TPSA) is 72.0 Å². The standard InChI is InChI=1S/C22H15N3O2S/c26-19(16-11-5-2-6-12-16)20-18(15-9-3-1-4-10-15)24-22(28-20)25-21(27)17-13-7-8-14-23-17/h1-14H,(H,24,25,27). The van der Waals surface area contributed by atoms with E-state index in [9.17, 15) is 9.59 Å². The quantitative estimate of drug-likeness (QED) is 0.506. The predicted molar refractivity (Wildman–Crippen MR) is 110 cm³/mol. The molecular formula is C22H15N3O2S. The maximum atomic E-state index is 13.1. The molecule has 0 saturated heterocycles. The Balaban J connectivity index is 1.72. The van der Waals surface area contributed by atoms with Crippen LogP contribution in [0.15, 0.2) is 85.1 Å². The highest BCUT2D eigenvalue weighted by Gasteiger charge is 2.22. The number of hydrogen-bond acceptors (Lipinski definition) is 5. The lowest BCUT2D eigenvalue weighted by Gasteiger charge is -2.02. The molecule has 0 aliphatic rings. The zero-order valence-corrected chi connectivity index (χ0v) is 15.5. The van der Waals surface area contributed by atoms with Crippen molar-refractivity contribution in [3.05, 3.63) is 101 Å². The number of nitrogens with one attached hydrogen (secondary N) is 1. The van der Waals surface area contributed by atoms with E-state index in [4.69, 9.17) is 0 Å². The van der Waals surface area contributed by atoms with Gasteiger partial charge in [0.2, 0.25) is 5.78 Å². The zero-order chi connectivity index (χ0) is 19.3. The average molecular weight is 385 g/mol. The first-order chi connectivity index (χ1) is 13.7. The molecular weight excluding hydrogens is 370 g/mol. The summed E-state index contributed by atoms with van der Waals surface area (Å²) in [5, 5.41) is 3.10. The number of pyridine rings is 1. The molecule has 6 heteroatoms. The van der Waals surface area contributed by atoms with E-state index in [1.165, 1.54) is 0 Å². The number of anilines is 1. The molecule has 28 heavy (non-hydrogen) atoms. The molecule has 0 atom stereocenters. The largest absolute Gasteiger partial charge is 0.296 e. The van der Waals surface area contributed by atoms with Crippen LogP contribution in [0.4, 0.5) is 5.13 Å². The minimum atomic E-state index is -0.368. The predicted octanol–water partition coefficient (Wildman–Crippen LogP) is 4.69. The van der Waals surface area contributed by atoms with Gasteiger partial charge in [0.15, 0.2) is 5.13 Å². The summed E-state index contributed by atoms with van der Waals surface area (Å²) in [5.41, 5.74) is 2.23.